The Morgan fingerprint density at radius 2 is 2.29 bits per heavy atom. The lowest BCUT2D eigenvalue weighted by molar-refractivity contribution is 0.190. The van der Waals surface area contributed by atoms with E-state index in [0.29, 0.717) is 6.54 Å². The molecule has 1 aromatic heterocycles. The van der Waals surface area contributed by atoms with Gasteiger partial charge >= 0.3 is 0 Å². The van der Waals surface area contributed by atoms with Gasteiger partial charge in [0.25, 0.3) is 0 Å². The number of methoxy groups -OCH3 is 1. The van der Waals surface area contributed by atoms with Crippen LogP contribution in [0.2, 0.25) is 0 Å². The zero-order valence-electron chi connectivity index (χ0n) is 11.1. The predicted molar refractivity (Wildman–Crippen MR) is 70.4 cm³/mol. The van der Waals surface area contributed by atoms with E-state index in [0.717, 1.165) is 44.3 Å². The fourth-order valence-corrected chi connectivity index (χ4v) is 1.89. The highest BCUT2D eigenvalue weighted by Gasteiger charge is 2.11. The summed E-state index contributed by atoms with van der Waals surface area (Å²) in [5.41, 5.74) is 6.67. The Balaban J connectivity index is 2.74. The highest BCUT2D eigenvalue weighted by Crippen LogP contribution is 2.14. The van der Waals surface area contributed by atoms with Crippen molar-refractivity contribution < 1.29 is 4.74 Å². The number of aryl methyl sites for hydroxylation is 2. The van der Waals surface area contributed by atoms with Gasteiger partial charge in [0.15, 0.2) is 0 Å². The number of nitrogens with zero attached hydrogens (tertiary/aromatic N) is 3. The molecular weight excluding hydrogens is 216 g/mol. The molecule has 0 unspecified atom stereocenters. The standard InChI is InChI=1S/C12H24N4O/c1-4-15(8-6-13)12-14-11(2)10-16(12)7-5-9-17-3/h10H,4-9,13H2,1-3H3. The first kappa shape index (κ1) is 14.0. The maximum atomic E-state index is 5.62. The minimum atomic E-state index is 0.651. The van der Waals surface area contributed by atoms with Crippen molar-refractivity contribution in [1.82, 2.24) is 9.55 Å². The third kappa shape index (κ3) is 4.02. The monoisotopic (exact) mass is 240 g/mol. The molecule has 2 N–H and O–H groups in total. The van der Waals surface area contributed by atoms with E-state index in [1.165, 1.54) is 0 Å². The normalized spacial score (nSPS) is 10.8. The van der Waals surface area contributed by atoms with Crippen LogP contribution >= 0.6 is 0 Å². The average molecular weight is 240 g/mol. The second-order valence-corrected chi connectivity index (χ2v) is 4.09. The molecule has 1 rings (SSSR count). The van der Waals surface area contributed by atoms with Crippen molar-refractivity contribution in [3.63, 3.8) is 0 Å². The number of nitrogens with two attached hydrogens (primary N) is 1. The largest absolute Gasteiger partial charge is 0.385 e. The van der Waals surface area contributed by atoms with Crippen LogP contribution in [0, 0.1) is 6.92 Å². The molecule has 0 amide bonds. The number of imidazole rings is 1. The van der Waals surface area contributed by atoms with Gasteiger partial charge in [-0.15, -0.1) is 0 Å². The summed E-state index contributed by atoms with van der Waals surface area (Å²) in [7, 11) is 1.73. The van der Waals surface area contributed by atoms with Crippen LogP contribution in [0.4, 0.5) is 5.95 Å². The molecular formula is C12H24N4O. The molecule has 98 valence electrons. The molecule has 0 radical (unpaired) electrons. The number of likely N-dealkylation sites (N-methyl/N-ethyl adjacent to an activating group) is 1. The Bertz CT molecular complexity index is 324. The van der Waals surface area contributed by atoms with E-state index in [-0.39, 0.29) is 0 Å². The Morgan fingerprint density at radius 3 is 2.88 bits per heavy atom. The van der Waals surface area contributed by atoms with E-state index >= 15 is 0 Å². The van der Waals surface area contributed by atoms with Gasteiger partial charge in [-0.2, -0.15) is 0 Å². The summed E-state index contributed by atoms with van der Waals surface area (Å²) in [6.07, 6.45) is 3.09. The van der Waals surface area contributed by atoms with Crippen LogP contribution < -0.4 is 10.6 Å². The van der Waals surface area contributed by atoms with Gasteiger partial charge in [0, 0.05) is 46.1 Å². The first-order chi connectivity index (χ1) is 8.22. The lowest BCUT2D eigenvalue weighted by Crippen LogP contribution is -2.31. The molecule has 0 aliphatic carbocycles. The van der Waals surface area contributed by atoms with Gasteiger partial charge in [0.1, 0.15) is 0 Å². The predicted octanol–water partition coefficient (Wildman–Crippen LogP) is 1.01. The molecule has 0 aliphatic rings. The first-order valence-corrected chi connectivity index (χ1v) is 6.20. The van der Waals surface area contributed by atoms with Gasteiger partial charge in [0.05, 0.1) is 5.69 Å². The second-order valence-electron chi connectivity index (χ2n) is 4.09. The zero-order valence-corrected chi connectivity index (χ0v) is 11.1. The molecule has 0 fully saturated rings. The summed E-state index contributed by atoms with van der Waals surface area (Å²) in [5, 5.41) is 0. The molecule has 0 aromatic carbocycles. The van der Waals surface area contributed by atoms with Crippen molar-refractivity contribution >= 4 is 5.95 Å². The highest BCUT2D eigenvalue weighted by atomic mass is 16.5. The van der Waals surface area contributed by atoms with Crippen molar-refractivity contribution in [2.45, 2.75) is 26.8 Å². The maximum absolute atomic E-state index is 5.62. The molecule has 0 aliphatic heterocycles. The Morgan fingerprint density at radius 1 is 1.53 bits per heavy atom. The smallest absolute Gasteiger partial charge is 0.205 e. The number of ether oxygens (including phenoxy) is 1. The van der Waals surface area contributed by atoms with E-state index < -0.39 is 0 Å². The molecule has 0 spiro atoms. The molecule has 17 heavy (non-hydrogen) atoms. The Hall–Kier alpha value is -1.07. The van der Waals surface area contributed by atoms with Crippen molar-refractivity contribution in [3.8, 4) is 0 Å². The molecule has 0 atom stereocenters. The third-order valence-electron chi connectivity index (χ3n) is 2.69. The van der Waals surface area contributed by atoms with E-state index in [2.05, 4.69) is 27.6 Å². The SMILES string of the molecule is CCN(CCN)c1nc(C)cn1CCCOC. The molecule has 0 saturated heterocycles. The van der Waals surface area contributed by atoms with Crippen LogP contribution in [0.1, 0.15) is 19.0 Å². The third-order valence-corrected chi connectivity index (χ3v) is 2.69. The highest BCUT2D eigenvalue weighted by molar-refractivity contribution is 5.33. The fraction of sp³-hybridized carbons (Fsp3) is 0.750. The minimum absolute atomic E-state index is 0.651. The minimum Gasteiger partial charge on any atom is -0.385 e. The summed E-state index contributed by atoms with van der Waals surface area (Å²) in [6, 6.07) is 0. The van der Waals surface area contributed by atoms with Gasteiger partial charge in [-0.3, -0.25) is 0 Å². The van der Waals surface area contributed by atoms with Crippen molar-refractivity contribution in [3.05, 3.63) is 11.9 Å². The van der Waals surface area contributed by atoms with Crippen LogP contribution in [0.25, 0.3) is 0 Å². The van der Waals surface area contributed by atoms with Crippen molar-refractivity contribution in [2.75, 3.05) is 38.3 Å². The van der Waals surface area contributed by atoms with Crippen LogP contribution in [-0.2, 0) is 11.3 Å². The number of hydrogen-bond acceptors (Lipinski definition) is 4. The van der Waals surface area contributed by atoms with Gasteiger partial charge in [0.2, 0.25) is 5.95 Å². The molecule has 0 saturated carbocycles. The maximum Gasteiger partial charge on any atom is 0.205 e. The van der Waals surface area contributed by atoms with Crippen LogP contribution in [-0.4, -0.2) is 42.9 Å². The molecule has 1 aromatic rings. The molecule has 5 heteroatoms. The van der Waals surface area contributed by atoms with Crippen LogP contribution in [0.15, 0.2) is 6.20 Å². The van der Waals surface area contributed by atoms with E-state index in [4.69, 9.17) is 10.5 Å². The quantitative estimate of drug-likeness (QED) is 0.689. The summed E-state index contributed by atoms with van der Waals surface area (Å²) < 4.78 is 7.27. The van der Waals surface area contributed by atoms with Gasteiger partial charge < -0.3 is 19.9 Å². The number of anilines is 1. The lowest BCUT2D eigenvalue weighted by Gasteiger charge is -2.22. The first-order valence-electron chi connectivity index (χ1n) is 6.20. The topological polar surface area (TPSA) is 56.3 Å². The number of aromatic nitrogens is 2. The summed E-state index contributed by atoms with van der Waals surface area (Å²) in [5.74, 6) is 1.02. The lowest BCUT2D eigenvalue weighted by atomic mass is 10.4. The Kier molecular flexibility index (Phi) is 6.00. The Labute approximate surface area is 104 Å². The van der Waals surface area contributed by atoms with Gasteiger partial charge in [-0.25, -0.2) is 4.98 Å². The fourth-order valence-electron chi connectivity index (χ4n) is 1.89. The second kappa shape index (κ2) is 7.29. The van der Waals surface area contributed by atoms with Gasteiger partial charge in [-0.05, 0) is 20.3 Å². The van der Waals surface area contributed by atoms with Crippen molar-refractivity contribution in [1.29, 1.82) is 0 Å². The van der Waals surface area contributed by atoms with E-state index in [1.54, 1.807) is 7.11 Å². The van der Waals surface area contributed by atoms with Crippen LogP contribution in [0.5, 0.6) is 0 Å². The summed E-state index contributed by atoms with van der Waals surface area (Å²) in [4.78, 5) is 6.78. The van der Waals surface area contributed by atoms with E-state index in [1.807, 2.05) is 6.92 Å². The average Bonchev–Trinajstić information content (AvgIpc) is 2.68. The van der Waals surface area contributed by atoms with Crippen molar-refractivity contribution in [2.24, 2.45) is 5.73 Å². The van der Waals surface area contributed by atoms with E-state index in [9.17, 15) is 0 Å². The number of rotatable bonds is 8. The zero-order chi connectivity index (χ0) is 12.7. The molecule has 1 heterocycles. The van der Waals surface area contributed by atoms with Crippen LogP contribution in [0.3, 0.4) is 0 Å². The summed E-state index contributed by atoms with van der Waals surface area (Å²) >= 11 is 0. The summed E-state index contributed by atoms with van der Waals surface area (Å²) in [6.45, 7) is 8.28. The van der Waals surface area contributed by atoms with Gasteiger partial charge in [-0.1, -0.05) is 0 Å². The molecule has 0 bridgehead atoms. The molecule has 5 nitrogen and oxygen atoms in total. The number of hydrogen-bond donors (Lipinski definition) is 1.